The highest BCUT2D eigenvalue weighted by Gasteiger charge is 2.30. The summed E-state index contributed by atoms with van der Waals surface area (Å²) in [6.45, 7) is 4.31. The lowest BCUT2D eigenvalue weighted by atomic mass is 9.70. The van der Waals surface area contributed by atoms with E-state index >= 15 is 0 Å². The highest BCUT2D eigenvalue weighted by molar-refractivity contribution is 5.61. The van der Waals surface area contributed by atoms with Crippen LogP contribution in [0.4, 0.5) is 0 Å². The lowest BCUT2D eigenvalue weighted by Gasteiger charge is -2.38. The minimum Gasteiger partial charge on any atom is -0.312 e. The predicted octanol–water partition coefficient (Wildman–Crippen LogP) is 2.75. The zero-order chi connectivity index (χ0) is 13.1. The quantitative estimate of drug-likeness (QED) is 0.865. The molecule has 0 aliphatic heterocycles. The molecule has 1 fully saturated rings. The second-order valence-electron chi connectivity index (χ2n) is 5.78. The first-order chi connectivity index (χ1) is 9.27. The lowest BCUT2D eigenvalue weighted by Crippen LogP contribution is -2.36. The molecule has 2 heterocycles. The van der Waals surface area contributed by atoms with Gasteiger partial charge in [0.1, 0.15) is 0 Å². The van der Waals surface area contributed by atoms with Gasteiger partial charge in [0.05, 0.1) is 11.9 Å². The summed E-state index contributed by atoms with van der Waals surface area (Å²) < 4.78 is 0. The maximum atomic E-state index is 4.16. The first-order valence-electron chi connectivity index (χ1n) is 6.90. The molecule has 0 aromatic carbocycles. The Bertz CT molecular complexity index is 528. The van der Waals surface area contributed by atoms with Crippen molar-refractivity contribution in [3.05, 3.63) is 36.3 Å². The van der Waals surface area contributed by atoms with Crippen LogP contribution in [0.15, 0.2) is 30.7 Å². The first kappa shape index (κ1) is 12.4. The van der Waals surface area contributed by atoms with Crippen molar-refractivity contribution >= 4 is 0 Å². The van der Waals surface area contributed by atoms with Crippen LogP contribution < -0.4 is 5.32 Å². The van der Waals surface area contributed by atoms with Gasteiger partial charge in [-0.2, -0.15) is 5.10 Å². The van der Waals surface area contributed by atoms with Crippen LogP contribution in [0.2, 0.25) is 0 Å². The molecule has 0 radical (unpaired) electrons. The Hall–Kier alpha value is -1.68. The second kappa shape index (κ2) is 5.13. The lowest BCUT2D eigenvalue weighted by molar-refractivity contribution is 0.156. The number of hydrogen-bond acceptors (Lipinski definition) is 3. The molecule has 1 saturated carbocycles. The number of nitrogens with zero attached hydrogens (tertiary/aromatic N) is 2. The molecule has 2 aromatic rings. The van der Waals surface area contributed by atoms with Crippen molar-refractivity contribution in [2.24, 2.45) is 5.41 Å². The molecule has 3 rings (SSSR count). The van der Waals surface area contributed by atoms with Gasteiger partial charge in [-0.3, -0.25) is 10.1 Å². The number of rotatable bonds is 5. The molecule has 0 atom stereocenters. The fraction of sp³-hybridized carbons (Fsp3) is 0.467. The minimum atomic E-state index is 0.512. The molecule has 1 aliphatic rings. The van der Waals surface area contributed by atoms with E-state index in [1.54, 1.807) is 6.20 Å². The van der Waals surface area contributed by atoms with Gasteiger partial charge in [0, 0.05) is 36.6 Å². The van der Waals surface area contributed by atoms with Crippen LogP contribution in [0.1, 0.15) is 31.7 Å². The Morgan fingerprint density at radius 1 is 1.37 bits per heavy atom. The number of nitrogens with one attached hydrogen (secondary N) is 2. The molecule has 19 heavy (non-hydrogen) atoms. The molecule has 2 N–H and O–H groups in total. The van der Waals surface area contributed by atoms with Crippen molar-refractivity contribution in [2.75, 3.05) is 6.54 Å². The smallest absolute Gasteiger partial charge is 0.0710 e. The molecule has 4 nitrogen and oxygen atoms in total. The Kier molecular flexibility index (Phi) is 3.34. The van der Waals surface area contributed by atoms with Crippen molar-refractivity contribution in [3.63, 3.8) is 0 Å². The van der Waals surface area contributed by atoms with Gasteiger partial charge < -0.3 is 5.32 Å². The molecule has 4 heteroatoms. The van der Waals surface area contributed by atoms with E-state index in [0.717, 1.165) is 24.3 Å². The van der Waals surface area contributed by atoms with E-state index in [2.05, 4.69) is 33.5 Å². The first-order valence-corrected chi connectivity index (χ1v) is 6.90. The maximum absolute atomic E-state index is 4.16. The zero-order valence-electron chi connectivity index (χ0n) is 11.3. The van der Waals surface area contributed by atoms with Crippen molar-refractivity contribution < 1.29 is 0 Å². The van der Waals surface area contributed by atoms with Crippen LogP contribution >= 0.6 is 0 Å². The number of H-pyrrole nitrogens is 1. The zero-order valence-corrected chi connectivity index (χ0v) is 11.3. The van der Waals surface area contributed by atoms with Crippen molar-refractivity contribution in [3.8, 4) is 11.3 Å². The van der Waals surface area contributed by atoms with Crippen LogP contribution in [-0.4, -0.2) is 21.7 Å². The Morgan fingerprint density at radius 3 is 2.95 bits per heavy atom. The summed E-state index contributed by atoms with van der Waals surface area (Å²) in [6, 6.07) is 4.00. The van der Waals surface area contributed by atoms with E-state index in [4.69, 9.17) is 0 Å². The minimum absolute atomic E-state index is 0.512. The maximum Gasteiger partial charge on any atom is 0.0710 e. The van der Waals surface area contributed by atoms with Crippen LogP contribution in [0.5, 0.6) is 0 Å². The number of aromatic amines is 1. The highest BCUT2D eigenvalue weighted by atomic mass is 15.1. The second-order valence-corrected chi connectivity index (χ2v) is 5.78. The summed E-state index contributed by atoms with van der Waals surface area (Å²) in [6.07, 6.45) is 9.63. The summed E-state index contributed by atoms with van der Waals surface area (Å²) >= 11 is 0. The van der Waals surface area contributed by atoms with E-state index in [0.29, 0.717) is 5.41 Å². The average Bonchev–Trinajstić information content (AvgIpc) is 2.86. The third kappa shape index (κ3) is 2.68. The van der Waals surface area contributed by atoms with Gasteiger partial charge >= 0.3 is 0 Å². The SMILES string of the molecule is CC1(CNCc2cn[nH]c2-c2cccnc2)CCC1. The molecule has 0 amide bonds. The fourth-order valence-corrected chi connectivity index (χ4v) is 2.66. The summed E-state index contributed by atoms with van der Waals surface area (Å²) in [5, 5.41) is 10.8. The van der Waals surface area contributed by atoms with Gasteiger partial charge in [-0.25, -0.2) is 0 Å². The summed E-state index contributed by atoms with van der Waals surface area (Å²) in [5.41, 5.74) is 3.88. The molecule has 2 aromatic heterocycles. The van der Waals surface area contributed by atoms with Crippen LogP contribution in [0.3, 0.4) is 0 Å². The molecule has 100 valence electrons. The van der Waals surface area contributed by atoms with Gasteiger partial charge in [-0.15, -0.1) is 0 Å². The van der Waals surface area contributed by atoms with Gasteiger partial charge in [-0.1, -0.05) is 13.3 Å². The van der Waals surface area contributed by atoms with E-state index < -0.39 is 0 Å². The number of aromatic nitrogens is 3. The largest absolute Gasteiger partial charge is 0.312 e. The van der Waals surface area contributed by atoms with Gasteiger partial charge in [0.2, 0.25) is 0 Å². The topological polar surface area (TPSA) is 53.6 Å². The number of hydrogen-bond donors (Lipinski definition) is 2. The molecular weight excluding hydrogens is 236 g/mol. The average molecular weight is 256 g/mol. The molecule has 1 aliphatic carbocycles. The van der Waals surface area contributed by atoms with Crippen LogP contribution in [0, 0.1) is 5.41 Å². The Labute approximate surface area is 113 Å². The highest BCUT2D eigenvalue weighted by Crippen LogP contribution is 2.39. The van der Waals surface area contributed by atoms with Gasteiger partial charge in [0.15, 0.2) is 0 Å². The molecule has 0 spiro atoms. The molecule has 0 bridgehead atoms. The summed E-state index contributed by atoms with van der Waals surface area (Å²) in [7, 11) is 0. The van der Waals surface area contributed by atoms with E-state index in [1.807, 2.05) is 18.5 Å². The monoisotopic (exact) mass is 256 g/mol. The van der Waals surface area contributed by atoms with E-state index in [1.165, 1.54) is 24.8 Å². The molecular formula is C15H20N4. The van der Waals surface area contributed by atoms with Crippen molar-refractivity contribution in [1.29, 1.82) is 0 Å². The Balaban J connectivity index is 1.64. The standard InChI is InChI=1S/C15H20N4/c1-15(5-3-6-15)11-17-9-13-10-18-19-14(13)12-4-2-7-16-8-12/h2,4,7-8,10,17H,3,5-6,9,11H2,1H3,(H,18,19). The van der Waals surface area contributed by atoms with E-state index in [9.17, 15) is 0 Å². The Morgan fingerprint density at radius 2 is 2.26 bits per heavy atom. The summed E-state index contributed by atoms with van der Waals surface area (Å²) in [4.78, 5) is 4.16. The number of pyridine rings is 1. The third-order valence-corrected chi connectivity index (χ3v) is 4.10. The van der Waals surface area contributed by atoms with Gasteiger partial charge in [0.25, 0.3) is 0 Å². The van der Waals surface area contributed by atoms with Crippen molar-refractivity contribution in [1.82, 2.24) is 20.5 Å². The third-order valence-electron chi connectivity index (χ3n) is 4.10. The molecule has 0 unspecified atom stereocenters. The summed E-state index contributed by atoms with van der Waals surface area (Å²) in [5.74, 6) is 0. The van der Waals surface area contributed by atoms with Crippen molar-refractivity contribution in [2.45, 2.75) is 32.7 Å². The van der Waals surface area contributed by atoms with Gasteiger partial charge in [-0.05, 0) is 30.4 Å². The normalized spacial score (nSPS) is 17.1. The van der Waals surface area contributed by atoms with E-state index in [-0.39, 0.29) is 0 Å². The van der Waals surface area contributed by atoms with Crippen LogP contribution in [-0.2, 0) is 6.54 Å². The van der Waals surface area contributed by atoms with Crippen LogP contribution in [0.25, 0.3) is 11.3 Å². The predicted molar refractivity (Wildman–Crippen MR) is 75.5 cm³/mol. The molecule has 0 saturated heterocycles. The fourth-order valence-electron chi connectivity index (χ4n) is 2.66.